The zero-order valence-corrected chi connectivity index (χ0v) is 9.07. The maximum absolute atomic E-state index is 10.2. The van der Waals surface area contributed by atoms with Gasteiger partial charge < -0.3 is 5.11 Å². The van der Waals surface area contributed by atoms with Crippen LogP contribution in [-0.4, -0.2) is 14.9 Å². The third kappa shape index (κ3) is 1.46. The minimum absolute atomic E-state index is 0.643. The molecule has 1 aromatic rings. The van der Waals surface area contributed by atoms with Crippen LogP contribution in [0.2, 0.25) is 0 Å². The number of aryl methyl sites for hydroxylation is 1. The fourth-order valence-corrected chi connectivity index (χ4v) is 2.15. The van der Waals surface area contributed by atoms with E-state index in [1.54, 1.807) is 4.68 Å². The molecule has 0 radical (unpaired) electrons. The molecular weight excluding hydrogens is 176 g/mol. The van der Waals surface area contributed by atoms with Crippen LogP contribution in [0.5, 0.6) is 0 Å². The lowest BCUT2D eigenvalue weighted by atomic mass is 9.65. The Balaban J connectivity index is 2.07. The number of hydrogen-bond acceptors (Lipinski definition) is 2. The lowest BCUT2D eigenvalue weighted by molar-refractivity contribution is -0.0968. The number of aromatic nitrogens is 2. The zero-order chi connectivity index (χ0) is 10.3. The highest BCUT2D eigenvalue weighted by atomic mass is 16.3. The Morgan fingerprint density at radius 2 is 2.21 bits per heavy atom. The molecule has 1 heterocycles. The lowest BCUT2D eigenvalue weighted by Gasteiger charge is -2.44. The Hall–Kier alpha value is -0.830. The Morgan fingerprint density at radius 1 is 1.57 bits per heavy atom. The van der Waals surface area contributed by atoms with Gasteiger partial charge in [-0.05, 0) is 30.7 Å². The van der Waals surface area contributed by atoms with E-state index in [4.69, 9.17) is 0 Å². The summed E-state index contributed by atoms with van der Waals surface area (Å²) in [7, 11) is 1.88. The molecule has 2 rings (SSSR count). The number of hydrogen-bond donors (Lipinski definition) is 1. The second-order valence-corrected chi connectivity index (χ2v) is 4.82. The van der Waals surface area contributed by atoms with E-state index < -0.39 is 5.60 Å². The van der Waals surface area contributed by atoms with Gasteiger partial charge in [0.05, 0.1) is 5.69 Å². The summed E-state index contributed by atoms with van der Waals surface area (Å²) in [6, 6.07) is 1.91. The quantitative estimate of drug-likeness (QED) is 0.777. The van der Waals surface area contributed by atoms with Crippen LogP contribution in [0.25, 0.3) is 0 Å². The van der Waals surface area contributed by atoms with E-state index in [1.165, 1.54) is 0 Å². The van der Waals surface area contributed by atoms with Gasteiger partial charge in [-0.2, -0.15) is 5.10 Å². The monoisotopic (exact) mass is 194 g/mol. The fourth-order valence-electron chi connectivity index (χ4n) is 2.15. The average Bonchev–Trinajstić information content (AvgIpc) is 2.45. The summed E-state index contributed by atoms with van der Waals surface area (Å²) < 4.78 is 1.75. The summed E-state index contributed by atoms with van der Waals surface area (Å²) in [6.07, 6.45) is 3.61. The van der Waals surface area contributed by atoms with Crippen molar-refractivity contribution in [2.75, 3.05) is 0 Å². The first kappa shape index (κ1) is 9.71. The van der Waals surface area contributed by atoms with Gasteiger partial charge in [-0.1, -0.05) is 13.8 Å². The molecule has 1 fully saturated rings. The Morgan fingerprint density at radius 3 is 2.64 bits per heavy atom. The van der Waals surface area contributed by atoms with Crippen LogP contribution in [0.3, 0.4) is 0 Å². The molecule has 0 saturated heterocycles. The highest BCUT2D eigenvalue weighted by molar-refractivity contribution is 5.15. The van der Waals surface area contributed by atoms with Gasteiger partial charge in [-0.3, -0.25) is 4.68 Å². The summed E-state index contributed by atoms with van der Waals surface area (Å²) in [6.45, 7) is 4.42. The highest BCUT2D eigenvalue weighted by Gasteiger charge is 2.46. The molecule has 1 aromatic heterocycles. The van der Waals surface area contributed by atoms with Crippen molar-refractivity contribution in [3.05, 3.63) is 18.0 Å². The molecular formula is C11H18N2O. The van der Waals surface area contributed by atoms with Crippen molar-refractivity contribution < 1.29 is 5.11 Å². The second-order valence-electron chi connectivity index (χ2n) is 4.82. The van der Waals surface area contributed by atoms with Gasteiger partial charge in [0.2, 0.25) is 0 Å². The molecule has 0 aliphatic heterocycles. The highest BCUT2D eigenvalue weighted by Crippen LogP contribution is 2.47. The minimum atomic E-state index is -0.643. The standard InChI is InChI=1S/C11H18N2O/c1-8(2)9-6-11(14,7-9)10-4-5-13(3)12-10/h4-5,8-9,14H,6-7H2,1-3H3. The fraction of sp³-hybridized carbons (Fsp3) is 0.727. The zero-order valence-electron chi connectivity index (χ0n) is 9.07. The first-order valence-electron chi connectivity index (χ1n) is 5.24. The number of rotatable bonds is 2. The molecule has 3 nitrogen and oxygen atoms in total. The van der Waals surface area contributed by atoms with E-state index in [9.17, 15) is 5.11 Å². The molecule has 0 unspecified atom stereocenters. The van der Waals surface area contributed by atoms with Gasteiger partial charge in [-0.25, -0.2) is 0 Å². The van der Waals surface area contributed by atoms with Crippen LogP contribution in [0.1, 0.15) is 32.4 Å². The van der Waals surface area contributed by atoms with E-state index in [-0.39, 0.29) is 0 Å². The van der Waals surface area contributed by atoms with Crippen molar-refractivity contribution in [2.24, 2.45) is 18.9 Å². The van der Waals surface area contributed by atoms with Crippen LogP contribution < -0.4 is 0 Å². The van der Waals surface area contributed by atoms with Crippen molar-refractivity contribution in [2.45, 2.75) is 32.3 Å². The summed E-state index contributed by atoms with van der Waals surface area (Å²) >= 11 is 0. The molecule has 0 spiro atoms. The topological polar surface area (TPSA) is 38.0 Å². The molecule has 1 aliphatic rings. The largest absolute Gasteiger partial charge is 0.383 e. The molecule has 0 atom stereocenters. The van der Waals surface area contributed by atoms with Crippen molar-refractivity contribution >= 4 is 0 Å². The van der Waals surface area contributed by atoms with Gasteiger partial charge in [-0.15, -0.1) is 0 Å². The van der Waals surface area contributed by atoms with E-state index in [0.717, 1.165) is 18.5 Å². The molecule has 0 bridgehead atoms. The van der Waals surface area contributed by atoms with Crippen LogP contribution in [0, 0.1) is 11.8 Å². The van der Waals surface area contributed by atoms with Gasteiger partial charge in [0.25, 0.3) is 0 Å². The SMILES string of the molecule is CC(C)C1CC(O)(c2ccn(C)n2)C1. The third-order valence-corrected chi connectivity index (χ3v) is 3.33. The molecule has 78 valence electrons. The summed E-state index contributed by atoms with van der Waals surface area (Å²) in [5.41, 5.74) is 0.188. The molecule has 1 saturated carbocycles. The Labute approximate surface area is 84.7 Å². The second kappa shape index (κ2) is 3.09. The van der Waals surface area contributed by atoms with E-state index >= 15 is 0 Å². The summed E-state index contributed by atoms with van der Waals surface area (Å²) in [5, 5.41) is 14.5. The smallest absolute Gasteiger partial charge is 0.109 e. The predicted molar refractivity (Wildman–Crippen MR) is 54.7 cm³/mol. The molecule has 1 aliphatic carbocycles. The minimum Gasteiger partial charge on any atom is -0.383 e. The summed E-state index contributed by atoms with van der Waals surface area (Å²) in [5.74, 6) is 1.32. The van der Waals surface area contributed by atoms with Crippen molar-refractivity contribution in [3.8, 4) is 0 Å². The predicted octanol–water partition coefficient (Wildman–Crippen LogP) is 1.67. The normalized spacial score (nSPS) is 31.9. The third-order valence-electron chi connectivity index (χ3n) is 3.33. The van der Waals surface area contributed by atoms with Crippen LogP contribution >= 0.6 is 0 Å². The first-order chi connectivity index (χ1) is 6.51. The van der Waals surface area contributed by atoms with E-state index in [1.807, 2.05) is 19.3 Å². The van der Waals surface area contributed by atoms with Crippen molar-refractivity contribution in [1.29, 1.82) is 0 Å². The Bertz CT molecular complexity index is 324. The van der Waals surface area contributed by atoms with Gasteiger partial charge >= 0.3 is 0 Å². The van der Waals surface area contributed by atoms with Crippen LogP contribution in [0.15, 0.2) is 12.3 Å². The number of aliphatic hydroxyl groups is 1. The van der Waals surface area contributed by atoms with Crippen LogP contribution in [0.4, 0.5) is 0 Å². The molecule has 0 amide bonds. The van der Waals surface area contributed by atoms with Crippen molar-refractivity contribution in [1.82, 2.24) is 9.78 Å². The van der Waals surface area contributed by atoms with Gasteiger partial charge in [0.15, 0.2) is 0 Å². The van der Waals surface area contributed by atoms with Gasteiger partial charge in [0.1, 0.15) is 5.60 Å². The lowest BCUT2D eigenvalue weighted by Crippen LogP contribution is -2.43. The molecule has 14 heavy (non-hydrogen) atoms. The van der Waals surface area contributed by atoms with Crippen molar-refractivity contribution in [3.63, 3.8) is 0 Å². The number of nitrogens with zero attached hydrogens (tertiary/aromatic N) is 2. The molecule has 1 N–H and O–H groups in total. The van der Waals surface area contributed by atoms with E-state index in [0.29, 0.717) is 11.8 Å². The summed E-state index contributed by atoms with van der Waals surface area (Å²) in [4.78, 5) is 0. The Kier molecular flexibility index (Phi) is 2.14. The van der Waals surface area contributed by atoms with Crippen LogP contribution in [-0.2, 0) is 12.6 Å². The maximum atomic E-state index is 10.2. The molecule has 3 heteroatoms. The molecule has 0 aromatic carbocycles. The first-order valence-corrected chi connectivity index (χ1v) is 5.24. The maximum Gasteiger partial charge on any atom is 0.109 e. The van der Waals surface area contributed by atoms with E-state index in [2.05, 4.69) is 18.9 Å². The van der Waals surface area contributed by atoms with Gasteiger partial charge in [0, 0.05) is 13.2 Å². The average molecular weight is 194 g/mol.